The van der Waals surface area contributed by atoms with Crippen molar-refractivity contribution in [3.63, 3.8) is 0 Å². The molecule has 18 heavy (non-hydrogen) atoms. The molecule has 1 aliphatic rings. The van der Waals surface area contributed by atoms with Crippen molar-refractivity contribution in [1.82, 2.24) is 10.3 Å². The lowest BCUT2D eigenvalue weighted by Gasteiger charge is -2.06. The van der Waals surface area contributed by atoms with E-state index in [1.54, 1.807) is 0 Å². The first-order valence-corrected chi connectivity index (χ1v) is 7.11. The Morgan fingerprint density at radius 2 is 2.17 bits per heavy atom. The van der Waals surface area contributed by atoms with Gasteiger partial charge in [-0.25, -0.2) is 0 Å². The molecule has 0 bridgehead atoms. The van der Waals surface area contributed by atoms with Crippen molar-refractivity contribution in [1.29, 1.82) is 0 Å². The molecule has 3 nitrogen and oxygen atoms in total. The third-order valence-corrected chi connectivity index (χ3v) is 3.21. The summed E-state index contributed by atoms with van der Waals surface area (Å²) in [6, 6.07) is 6.17. The molecule has 0 spiro atoms. The van der Waals surface area contributed by atoms with E-state index in [2.05, 4.69) is 29.4 Å². The number of nitrogens with one attached hydrogen (secondary N) is 1. The van der Waals surface area contributed by atoms with Gasteiger partial charge >= 0.3 is 0 Å². The van der Waals surface area contributed by atoms with Crippen LogP contribution in [0, 0.1) is 5.92 Å². The van der Waals surface area contributed by atoms with Crippen molar-refractivity contribution in [2.24, 2.45) is 5.92 Å². The van der Waals surface area contributed by atoms with Crippen LogP contribution in [0.1, 0.15) is 44.0 Å². The van der Waals surface area contributed by atoms with Gasteiger partial charge in [-0.15, -0.1) is 0 Å². The molecule has 2 rings (SSSR count). The summed E-state index contributed by atoms with van der Waals surface area (Å²) in [7, 11) is 0. The highest BCUT2D eigenvalue weighted by Gasteiger charge is 2.20. The number of rotatable bonds is 9. The second kappa shape index (κ2) is 7.49. The lowest BCUT2D eigenvalue weighted by Crippen LogP contribution is -2.15. The molecule has 1 fully saturated rings. The van der Waals surface area contributed by atoms with Gasteiger partial charge in [0.25, 0.3) is 0 Å². The van der Waals surface area contributed by atoms with Crippen molar-refractivity contribution in [3.05, 3.63) is 29.6 Å². The molecule has 100 valence electrons. The zero-order chi connectivity index (χ0) is 12.6. The number of hydrogen-bond donors (Lipinski definition) is 1. The largest absolute Gasteiger partial charge is 0.375 e. The van der Waals surface area contributed by atoms with Crippen molar-refractivity contribution in [2.45, 2.75) is 45.8 Å². The Balaban J connectivity index is 1.68. The fourth-order valence-electron chi connectivity index (χ4n) is 1.93. The molecule has 0 aliphatic heterocycles. The van der Waals surface area contributed by atoms with Crippen LogP contribution in [-0.2, 0) is 17.9 Å². The zero-order valence-corrected chi connectivity index (χ0v) is 11.3. The van der Waals surface area contributed by atoms with Gasteiger partial charge in [0, 0.05) is 13.2 Å². The minimum Gasteiger partial charge on any atom is -0.375 e. The molecule has 1 aromatic heterocycles. The molecular formula is C15H24N2O. The maximum Gasteiger partial charge on any atom is 0.0887 e. The summed E-state index contributed by atoms with van der Waals surface area (Å²) >= 11 is 0. The van der Waals surface area contributed by atoms with Crippen LogP contribution < -0.4 is 5.32 Å². The Morgan fingerprint density at radius 1 is 1.33 bits per heavy atom. The summed E-state index contributed by atoms with van der Waals surface area (Å²) < 4.78 is 5.67. The van der Waals surface area contributed by atoms with Gasteiger partial charge in [0.1, 0.15) is 0 Å². The van der Waals surface area contributed by atoms with E-state index < -0.39 is 0 Å². The SMILES string of the molecule is CCCNCc1cccc(COCCC2CC2)n1. The Bertz CT molecular complexity index is 350. The molecule has 0 radical (unpaired) electrons. The van der Waals surface area contributed by atoms with Crippen LogP contribution in [0.2, 0.25) is 0 Å². The molecule has 1 N–H and O–H groups in total. The summed E-state index contributed by atoms with van der Waals surface area (Å²) in [5, 5.41) is 3.37. The van der Waals surface area contributed by atoms with E-state index in [-0.39, 0.29) is 0 Å². The fourth-order valence-corrected chi connectivity index (χ4v) is 1.93. The highest BCUT2D eigenvalue weighted by atomic mass is 16.5. The van der Waals surface area contributed by atoms with E-state index in [1.807, 2.05) is 6.07 Å². The van der Waals surface area contributed by atoms with Crippen molar-refractivity contribution in [2.75, 3.05) is 13.2 Å². The minimum atomic E-state index is 0.647. The van der Waals surface area contributed by atoms with Crippen LogP contribution >= 0.6 is 0 Å². The standard InChI is InChI=1S/C15H24N2O/c1-2-9-16-11-14-4-3-5-15(17-14)12-18-10-8-13-6-7-13/h3-5,13,16H,2,6-12H2,1H3. The van der Waals surface area contributed by atoms with Crippen LogP contribution in [0.5, 0.6) is 0 Å². The van der Waals surface area contributed by atoms with Gasteiger partial charge in [0.15, 0.2) is 0 Å². The highest BCUT2D eigenvalue weighted by molar-refractivity contribution is 5.10. The molecular weight excluding hydrogens is 224 g/mol. The van der Waals surface area contributed by atoms with E-state index in [4.69, 9.17) is 4.74 Å². The molecule has 0 atom stereocenters. The van der Waals surface area contributed by atoms with Crippen LogP contribution in [0.15, 0.2) is 18.2 Å². The van der Waals surface area contributed by atoms with E-state index in [9.17, 15) is 0 Å². The quantitative estimate of drug-likeness (QED) is 0.682. The second-order valence-corrected chi connectivity index (χ2v) is 5.08. The lowest BCUT2D eigenvalue weighted by molar-refractivity contribution is 0.112. The van der Waals surface area contributed by atoms with Crippen LogP contribution in [-0.4, -0.2) is 18.1 Å². The molecule has 0 unspecified atom stereocenters. The fraction of sp³-hybridized carbons (Fsp3) is 0.667. The lowest BCUT2D eigenvalue weighted by atomic mass is 10.3. The molecule has 0 saturated heterocycles. The van der Waals surface area contributed by atoms with Gasteiger partial charge in [-0.3, -0.25) is 4.98 Å². The Labute approximate surface area is 110 Å². The molecule has 0 aromatic carbocycles. The topological polar surface area (TPSA) is 34.1 Å². The average molecular weight is 248 g/mol. The first-order chi connectivity index (χ1) is 8.88. The predicted octanol–water partition coefficient (Wildman–Crippen LogP) is 2.90. The molecule has 1 heterocycles. The number of ether oxygens (including phenoxy) is 1. The first kappa shape index (κ1) is 13.5. The first-order valence-electron chi connectivity index (χ1n) is 7.11. The Hall–Kier alpha value is -0.930. The van der Waals surface area contributed by atoms with Crippen molar-refractivity contribution < 1.29 is 4.74 Å². The molecule has 1 aliphatic carbocycles. The van der Waals surface area contributed by atoms with Gasteiger partial charge in [-0.05, 0) is 37.4 Å². The Kier molecular flexibility index (Phi) is 5.62. The van der Waals surface area contributed by atoms with Crippen LogP contribution in [0.25, 0.3) is 0 Å². The van der Waals surface area contributed by atoms with E-state index in [0.717, 1.165) is 43.4 Å². The molecule has 0 amide bonds. The number of hydrogen-bond acceptors (Lipinski definition) is 3. The monoisotopic (exact) mass is 248 g/mol. The van der Waals surface area contributed by atoms with Gasteiger partial charge in [0.2, 0.25) is 0 Å². The molecule has 1 saturated carbocycles. The molecule has 3 heteroatoms. The summed E-state index contributed by atoms with van der Waals surface area (Å²) in [6.07, 6.45) is 5.18. The number of nitrogens with zero attached hydrogens (tertiary/aromatic N) is 1. The number of aromatic nitrogens is 1. The van der Waals surface area contributed by atoms with Crippen LogP contribution in [0.4, 0.5) is 0 Å². The van der Waals surface area contributed by atoms with Gasteiger partial charge < -0.3 is 10.1 Å². The average Bonchev–Trinajstić information content (AvgIpc) is 3.20. The summed E-state index contributed by atoms with van der Waals surface area (Å²) in [5.41, 5.74) is 2.15. The van der Waals surface area contributed by atoms with Crippen molar-refractivity contribution in [3.8, 4) is 0 Å². The van der Waals surface area contributed by atoms with E-state index in [0.29, 0.717) is 6.61 Å². The minimum absolute atomic E-state index is 0.647. The smallest absolute Gasteiger partial charge is 0.0887 e. The third-order valence-electron chi connectivity index (χ3n) is 3.21. The summed E-state index contributed by atoms with van der Waals surface area (Å²) in [5.74, 6) is 0.947. The Morgan fingerprint density at radius 3 is 2.94 bits per heavy atom. The second-order valence-electron chi connectivity index (χ2n) is 5.08. The normalized spacial score (nSPS) is 14.9. The third kappa shape index (κ3) is 5.15. The number of pyridine rings is 1. The maximum absolute atomic E-state index is 5.67. The van der Waals surface area contributed by atoms with E-state index in [1.165, 1.54) is 19.3 Å². The van der Waals surface area contributed by atoms with Gasteiger partial charge in [-0.1, -0.05) is 25.8 Å². The van der Waals surface area contributed by atoms with Crippen LogP contribution in [0.3, 0.4) is 0 Å². The maximum atomic E-state index is 5.67. The zero-order valence-electron chi connectivity index (χ0n) is 11.3. The predicted molar refractivity (Wildman–Crippen MR) is 73.2 cm³/mol. The molecule has 1 aromatic rings. The van der Waals surface area contributed by atoms with Crippen molar-refractivity contribution >= 4 is 0 Å². The van der Waals surface area contributed by atoms with E-state index >= 15 is 0 Å². The summed E-state index contributed by atoms with van der Waals surface area (Å²) in [6.45, 7) is 5.59. The van der Waals surface area contributed by atoms with Gasteiger partial charge in [-0.2, -0.15) is 0 Å². The highest BCUT2D eigenvalue weighted by Crippen LogP contribution is 2.32. The van der Waals surface area contributed by atoms with Gasteiger partial charge in [0.05, 0.1) is 18.0 Å². The summed E-state index contributed by atoms with van der Waals surface area (Å²) in [4.78, 5) is 4.59.